The first-order valence-electron chi connectivity index (χ1n) is 8.06. The number of carboxylic acid groups (broad SMARTS) is 1. The fourth-order valence-corrected chi connectivity index (χ4v) is 3.87. The van der Waals surface area contributed by atoms with Crippen molar-refractivity contribution in [1.82, 2.24) is 10.2 Å². The number of aromatic carboxylic acids is 1. The van der Waals surface area contributed by atoms with Crippen molar-refractivity contribution in [3.8, 4) is 0 Å². The molecular formula is C18H20N2O4S. The molecule has 1 aliphatic heterocycles. The molecule has 3 N–H and O–H groups in total. The number of carbonyl (C=O) groups is 2. The Morgan fingerprint density at radius 1 is 1.20 bits per heavy atom. The molecule has 0 radical (unpaired) electrons. The number of carboxylic acids is 1. The standard InChI is InChI=1S/C18H20N2O4S/c21-10-15-8-20(9-16(15)14-5-6-25-11-14)18(24)19-7-12-1-3-13(4-2-12)17(22)23/h1-6,11,15-16,21H,7-10H2,(H,19,24)(H,22,23)/t15-,16-/m0/s1. The van der Waals surface area contributed by atoms with Crippen LogP contribution in [0.1, 0.15) is 27.4 Å². The van der Waals surface area contributed by atoms with Gasteiger partial charge in [-0.2, -0.15) is 11.3 Å². The fraction of sp³-hybridized carbons (Fsp3) is 0.333. The number of nitrogens with zero attached hydrogens (tertiary/aromatic N) is 1. The molecule has 1 saturated heterocycles. The minimum Gasteiger partial charge on any atom is -0.478 e. The predicted octanol–water partition coefficient (Wildman–Crippen LogP) is 2.36. The van der Waals surface area contributed by atoms with Crippen molar-refractivity contribution in [1.29, 1.82) is 0 Å². The zero-order valence-corrected chi connectivity index (χ0v) is 14.4. The highest BCUT2D eigenvalue weighted by molar-refractivity contribution is 7.08. The van der Waals surface area contributed by atoms with E-state index in [0.29, 0.717) is 19.6 Å². The average Bonchev–Trinajstić information content (AvgIpc) is 3.28. The Balaban J connectivity index is 1.57. The summed E-state index contributed by atoms with van der Waals surface area (Å²) < 4.78 is 0. The van der Waals surface area contributed by atoms with Crippen LogP contribution in [0.4, 0.5) is 4.79 Å². The van der Waals surface area contributed by atoms with Gasteiger partial charge in [0.1, 0.15) is 0 Å². The van der Waals surface area contributed by atoms with Crippen molar-refractivity contribution in [2.75, 3.05) is 19.7 Å². The van der Waals surface area contributed by atoms with E-state index in [0.717, 1.165) is 5.56 Å². The maximum Gasteiger partial charge on any atom is 0.335 e. The summed E-state index contributed by atoms with van der Waals surface area (Å²) in [5, 5.41) is 25.4. The van der Waals surface area contributed by atoms with Crippen molar-refractivity contribution < 1.29 is 19.8 Å². The Morgan fingerprint density at radius 3 is 2.56 bits per heavy atom. The molecule has 3 rings (SSSR count). The number of aliphatic hydroxyl groups is 1. The molecule has 6 nitrogen and oxygen atoms in total. The fourth-order valence-electron chi connectivity index (χ4n) is 3.14. The second-order valence-electron chi connectivity index (χ2n) is 6.17. The number of amides is 2. The molecule has 1 aromatic heterocycles. The number of nitrogens with one attached hydrogen (secondary N) is 1. The van der Waals surface area contributed by atoms with Gasteiger partial charge in [0.2, 0.25) is 0 Å². The molecule has 0 aliphatic carbocycles. The smallest absolute Gasteiger partial charge is 0.335 e. The van der Waals surface area contributed by atoms with Crippen LogP contribution in [0, 0.1) is 5.92 Å². The molecule has 2 atom stereocenters. The highest BCUT2D eigenvalue weighted by Gasteiger charge is 2.35. The number of carbonyl (C=O) groups excluding carboxylic acids is 1. The number of aliphatic hydroxyl groups excluding tert-OH is 1. The molecule has 2 heterocycles. The van der Waals surface area contributed by atoms with E-state index in [4.69, 9.17) is 5.11 Å². The van der Waals surface area contributed by atoms with Crippen LogP contribution in [0.3, 0.4) is 0 Å². The summed E-state index contributed by atoms with van der Waals surface area (Å²) in [6, 6.07) is 8.31. The molecule has 1 aliphatic rings. The lowest BCUT2D eigenvalue weighted by molar-refractivity contribution is 0.0697. The van der Waals surface area contributed by atoms with E-state index < -0.39 is 5.97 Å². The number of thiophene rings is 1. The number of urea groups is 1. The van der Waals surface area contributed by atoms with Crippen molar-refractivity contribution in [2.45, 2.75) is 12.5 Å². The molecule has 0 spiro atoms. The quantitative estimate of drug-likeness (QED) is 0.764. The number of likely N-dealkylation sites (tertiary alicyclic amines) is 1. The molecule has 0 unspecified atom stereocenters. The number of hydrogen-bond acceptors (Lipinski definition) is 4. The molecule has 2 aromatic rings. The topological polar surface area (TPSA) is 89.9 Å². The predicted molar refractivity (Wildman–Crippen MR) is 94.8 cm³/mol. The molecule has 25 heavy (non-hydrogen) atoms. The first kappa shape index (κ1) is 17.4. The molecule has 1 aromatic carbocycles. The second kappa shape index (κ2) is 7.67. The van der Waals surface area contributed by atoms with E-state index in [-0.39, 0.29) is 30.0 Å². The number of hydrogen-bond donors (Lipinski definition) is 3. The van der Waals surface area contributed by atoms with E-state index >= 15 is 0 Å². The van der Waals surface area contributed by atoms with Gasteiger partial charge >= 0.3 is 12.0 Å². The monoisotopic (exact) mass is 360 g/mol. The summed E-state index contributed by atoms with van der Waals surface area (Å²) in [5.41, 5.74) is 2.23. The third-order valence-corrected chi connectivity index (χ3v) is 5.28. The first-order valence-corrected chi connectivity index (χ1v) is 9.00. The van der Waals surface area contributed by atoms with Crippen molar-refractivity contribution in [2.24, 2.45) is 5.92 Å². The molecule has 7 heteroatoms. The Morgan fingerprint density at radius 2 is 1.96 bits per heavy atom. The largest absolute Gasteiger partial charge is 0.478 e. The van der Waals surface area contributed by atoms with Gasteiger partial charge < -0.3 is 20.4 Å². The van der Waals surface area contributed by atoms with Crippen LogP contribution in [0.2, 0.25) is 0 Å². The van der Waals surface area contributed by atoms with E-state index in [1.807, 2.05) is 11.4 Å². The third-order valence-electron chi connectivity index (χ3n) is 4.58. The van der Waals surface area contributed by atoms with Gasteiger partial charge in [0.15, 0.2) is 0 Å². The van der Waals surface area contributed by atoms with E-state index in [2.05, 4.69) is 10.7 Å². The van der Waals surface area contributed by atoms with Gasteiger partial charge in [0.25, 0.3) is 0 Å². The molecule has 0 saturated carbocycles. The molecular weight excluding hydrogens is 340 g/mol. The first-order chi connectivity index (χ1) is 12.1. The van der Waals surface area contributed by atoms with Gasteiger partial charge in [0, 0.05) is 38.1 Å². The van der Waals surface area contributed by atoms with Gasteiger partial charge in [0.05, 0.1) is 5.56 Å². The molecule has 2 amide bonds. The van der Waals surface area contributed by atoms with Crippen molar-refractivity contribution in [3.05, 3.63) is 57.8 Å². The maximum atomic E-state index is 12.4. The number of benzene rings is 1. The second-order valence-corrected chi connectivity index (χ2v) is 6.95. The average molecular weight is 360 g/mol. The van der Waals surface area contributed by atoms with Gasteiger partial charge in [-0.15, -0.1) is 0 Å². The lowest BCUT2D eigenvalue weighted by Gasteiger charge is -2.17. The summed E-state index contributed by atoms with van der Waals surface area (Å²) in [6.07, 6.45) is 0. The summed E-state index contributed by atoms with van der Waals surface area (Å²) in [5.74, 6) is -0.755. The van der Waals surface area contributed by atoms with Crippen LogP contribution in [-0.4, -0.2) is 46.8 Å². The Kier molecular flexibility index (Phi) is 5.35. The van der Waals surface area contributed by atoms with Crippen LogP contribution < -0.4 is 5.32 Å². The molecule has 1 fully saturated rings. The van der Waals surface area contributed by atoms with E-state index in [9.17, 15) is 14.7 Å². The van der Waals surface area contributed by atoms with Gasteiger partial charge in [-0.25, -0.2) is 9.59 Å². The lowest BCUT2D eigenvalue weighted by atomic mass is 9.92. The summed E-state index contributed by atoms with van der Waals surface area (Å²) in [6.45, 7) is 1.51. The van der Waals surface area contributed by atoms with Gasteiger partial charge in [-0.1, -0.05) is 12.1 Å². The zero-order chi connectivity index (χ0) is 17.8. The van der Waals surface area contributed by atoms with Crippen molar-refractivity contribution in [3.63, 3.8) is 0 Å². The highest BCUT2D eigenvalue weighted by Crippen LogP contribution is 2.33. The van der Waals surface area contributed by atoms with E-state index in [1.54, 1.807) is 28.4 Å². The minimum atomic E-state index is -0.970. The van der Waals surface area contributed by atoms with Crippen LogP contribution in [0.5, 0.6) is 0 Å². The zero-order valence-electron chi connectivity index (χ0n) is 13.6. The maximum absolute atomic E-state index is 12.4. The Hall–Kier alpha value is -2.38. The third kappa shape index (κ3) is 4.00. The summed E-state index contributed by atoms with van der Waals surface area (Å²) in [7, 11) is 0. The van der Waals surface area contributed by atoms with Crippen LogP contribution in [0.15, 0.2) is 41.1 Å². The summed E-state index contributed by atoms with van der Waals surface area (Å²) in [4.78, 5) is 25.0. The highest BCUT2D eigenvalue weighted by atomic mass is 32.1. The lowest BCUT2D eigenvalue weighted by Crippen LogP contribution is -2.38. The van der Waals surface area contributed by atoms with Gasteiger partial charge in [-0.05, 0) is 40.1 Å². The molecule has 132 valence electrons. The van der Waals surface area contributed by atoms with Gasteiger partial charge in [-0.3, -0.25) is 0 Å². The minimum absolute atomic E-state index is 0.0511. The summed E-state index contributed by atoms with van der Waals surface area (Å²) >= 11 is 1.62. The van der Waals surface area contributed by atoms with Crippen molar-refractivity contribution >= 4 is 23.3 Å². The number of rotatable bonds is 5. The van der Waals surface area contributed by atoms with E-state index in [1.165, 1.54) is 17.7 Å². The molecule has 0 bridgehead atoms. The normalized spacial score (nSPS) is 19.8. The Labute approximate surface area is 149 Å². The Bertz CT molecular complexity index is 730. The van der Waals surface area contributed by atoms with Crippen LogP contribution >= 0.6 is 11.3 Å². The van der Waals surface area contributed by atoms with Crippen LogP contribution in [-0.2, 0) is 6.54 Å². The SMILES string of the molecule is O=C(O)c1ccc(CNC(=O)N2C[C@@H](CO)[C@H](c3ccsc3)C2)cc1. The van der Waals surface area contributed by atoms with Crippen LogP contribution in [0.25, 0.3) is 0 Å².